The zero-order valence-electron chi connectivity index (χ0n) is 13.0. The van der Waals surface area contributed by atoms with Gasteiger partial charge in [-0.25, -0.2) is 4.79 Å². The van der Waals surface area contributed by atoms with Gasteiger partial charge in [-0.1, -0.05) is 29.8 Å². The summed E-state index contributed by atoms with van der Waals surface area (Å²) < 4.78 is 6.42. The number of benzene rings is 1. The molecule has 0 radical (unpaired) electrons. The Morgan fingerprint density at radius 1 is 1.26 bits per heavy atom. The summed E-state index contributed by atoms with van der Waals surface area (Å²) in [6.07, 6.45) is 0.224. The number of nitro groups is 1. The Morgan fingerprint density at radius 3 is 2.39 bits per heavy atom. The number of ketones is 1. The van der Waals surface area contributed by atoms with Gasteiger partial charge in [0.1, 0.15) is 5.69 Å². The molecule has 0 aliphatic carbocycles. The highest BCUT2D eigenvalue weighted by Gasteiger charge is 2.24. The van der Waals surface area contributed by atoms with E-state index in [2.05, 4.69) is 0 Å². The molecule has 2 rings (SSSR count). The van der Waals surface area contributed by atoms with Gasteiger partial charge in [-0.3, -0.25) is 14.9 Å². The lowest BCUT2D eigenvalue weighted by Crippen LogP contribution is -2.25. The lowest BCUT2D eigenvalue weighted by molar-refractivity contribution is -0.384. The molecule has 0 fully saturated rings. The van der Waals surface area contributed by atoms with Gasteiger partial charge in [0.05, 0.1) is 11.1 Å². The van der Waals surface area contributed by atoms with E-state index in [1.165, 1.54) is 24.7 Å². The molecule has 0 saturated carbocycles. The summed E-state index contributed by atoms with van der Waals surface area (Å²) in [5.41, 5.74) is 1.26. The second kappa shape index (κ2) is 6.43. The molecular weight excluding hydrogens is 300 g/mol. The quantitative estimate of drug-likeness (QED) is 0.366. The molecule has 1 heterocycles. The van der Waals surface area contributed by atoms with Crippen molar-refractivity contribution < 1.29 is 19.2 Å². The summed E-state index contributed by atoms with van der Waals surface area (Å²) in [4.78, 5) is 34.4. The predicted octanol–water partition coefficient (Wildman–Crippen LogP) is 2.67. The summed E-state index contributed by atoms with van der Waals surface area (Å²) in [6.45, 7) is 3.37. The van der Waals surface area contributed by atoms with E-state index >= 15 is 0 Å². The fourth-order valence-electron chi connectivity index (χ4n) is 2.08. The highest BCUT2D eigenvalue weighted by Crippen LogP contribution is 2.17. The average molecular weight is 316 g/mol. The van der Waals surface area contributed by atoms with E-state index < -0.39 is 17.0 Å². The first kappa shape index (κ1) is 16.4. The number of esters is 1. The van der Waals surface area contributed by atoms with Crippen molar-refractivity contribution in [3.05, 3.63) is 63.5 Å². The van der Waals surface area contributed by atoms with Crippen LogP contribution in [0, 0.1) is 17.0 Å². The molecule has 2 aromatic rings. The number of rotatable bonds is 5. The Labute approximate surface area is 132 Å². The molecule has 1 atom stereocenters. The minimum absolute atomic E-state index is 0.0141. The van der Waals surface area contributed by atoms with Crippen LogP contribution < -0.4 is 0 Å². The van der Waals surface area contributed by atoms with Crippen LogP contribution in [0.5, 0.6) is 0 Å². The standard InChI is InChI=1S/C16H16N2O5/c1-10-4-6-12(7-5-10)15(19)11(2)23-16(20)14-8-13(18(21)22)9-17(14)3/h4-9,11H,1-3H3. The molecule has 0 saturated heterocycles. The normalized spacial score (nSPS) is 11.8. The lowest BCUT2D eigenvalue weighted by Gasteiger charge is -2.12. The van der Waals surface area contributed by atoms with E-state index in [0.29, 0.717) is 5.56 Å². The van der Waals surface area contributed by atoms with Gasteiger partial charge in [-0.2, -0.15) is 0 Å². The third-order valence-electron chi connectivity index (χ3n) is 3.40. The Hall–Kier alpha value is -2.96. The smallest absolute Gasteiger partial charge is 0.355 e. The van der Waals surface area contributed by atoms with Gasteiger partial charge in [0.15, 0.2) is 6.10 Å². The molecular formula is C16H16N2O5. The van der Waals surface area contributed by atoms with Crippen molar-refractivity contribution in [1.29, 1.82) is 0 Å². The van der Waals surface area contributed by atoms with Crippen LogP contribution in [0.25, 0.3) is 0 Å². The van der Waals surface area contributed by atoms with E-state index in [1.807, 2.05) is 6.92 Å². The molecule has 0 aliphatic rings. The molecule has 0 spiro atoms. The van der Waals surface area contributed by atoms with Gasteiger partial charge in [0.25, 0.3) is 5.69 Å². The number of Topliss-reactive ketones (excluding diaryl/α,β-unsaturated/α-hetero) is 1. The third-order valence-corrected chi connectivity index (χ3v) is 3.40. The fraction of sp³-hybridized carbons (Fsp3) is 0.250. The molecule has 1 unspecified atom stereocenters. The minimum Gasteiger partial charge on any atom is -0.450 e. The van der Waals surface area contributed by atoms with Gasteiger partial charge < -0.3 is 9.30 Å². The zero-order chi connectivity index (χ0) is 17.1. The molecule has 1 aromatic heterocycles. The van der Waals surface area contributed by atoms with Gasteiger partial charge in [-0.15, -0.1) is 0 Å². The van der Waals surface area contributed by atoms with Crippen molar-refractivity contribution in [2.24, 2.45) is 7.05 Å². The Morgan fingerprint density at radius 2 is 1.87 bits per heavy atom. The number of nitrogens with zero attached hydrogens (tertiary/aromatic N) is 2. The number of aromatic nitrogens is 1. The Bertz CT molecular complexity index is 761. The number of aryl methyl sites for hydroxylation is 2. The molecule has 0 N–H and O–H groups in total. The Kier molecular flexibility index (Phi) is 4.59. The zero-order valence-corrected chi connectivity index (χ0v) is 13.0. The van der Waals surface area contributed by atoms with E-state index in [9.17, 15) is 19.7 Å². The summed E-state index contributed by atoms with van der Waals surface area (Å²) in [5.74, 6) is -1.12. The first-order valence-electron chi connectivity index (χ1n) is 6.92. The first-order chi connectivity index (χ1) is 10.8. The van der Waals surface area contributed by atoms with Crippen molar-refractivity contribution >= 4 is 17.4 Å². The molecule has 7 nitrogen and oxygen atoms in total. The number of hydrogen-bond acceptors (Lipinski definition) is 5. The fourth-order valence-corrected chi connectivity index (χ4v) is 2.08. The van der Waals surface area contributed by atoms with Gasteiger partial charge >= 0.3 is 5.97 Å². The van der Waals surface area contributed by atoms with Crippen LogP contribution in [-0.2, 0) is 11.8 Å². The van der Waals surface area contributed by atoms with Crippen LogP contribution in [0.3, 0.4) is 0 Å². The first-order valence-corrected chi connectivity index (χ1v) is 6.92. The van der Waals surface area contributed by atoms with Crippen molar-refractivity contribution in [1.82, 2.24) is 4.57 Å². The van der Waals surface area contributed by atoms with E-state index in [4.69, 9.17) is 4.74 Å². The molecule has 0 bridgehead atoms. The Balaban J connectivity index is 2.11. The van der Waals surface area contributed by atoms with Crippen molar-refractivity contribution in [2.45, 2.75) is 20.0 Å². The van der Waals surface area contributed by atoms with Crippen LogP contribution in [-0.4, -0.2) is 27.3 Å². The van der Waals surface area contributed by atoms with Crippen LogP contribution in [0.1, 0.15) is 33.3 Å². The number of ether oxygens (including phenoxy) is 1. The molecule has 7 heteroatoms. The van der Waals surface area contributed by atoms with Gasteiger partial charge in [0.2, 0.25) is 5.78 Å². The minimum atomic E-state index is -0.987. The van der Waals surface area contributed by atoms with Crippen molar-refractivity contribution in [2.75, 3.05) is 0 Å². The van der Waals surface area contributed by atoms with E-state index in [1.54, 1.807) is 24.3 Å². The molecule has 0 aliphatic heterocycles. The second-order valence-electron chi connectivity index (χ2n) is 5.23. The van der Waals surface area contributed by atoms with Crippen LogP contribution in [0.4, 0.5) is 5.69 Å². The maximum absolute atomic E-state index is 12.2. The van der Waals surface area contributed by atoms with Crippen molar-refractivity contribution in [3.8, 4) is 0 Å². The second-order valence-corrected chi connectivity index (χ2v) is 5.23. The maximum atomic E-state index is 12.2. The van der Waals surface area contributed by atoms with Crippen LogP contribution >= 0.6 is 0 Å². The van der Waals surface area contributed by atoms with Gasteiger partial charge in [0, 0.05) is 18.7 Å². The van der Waals surface area contributed by atoms with Crippen LogP contribution in [0.2, 0.25) is 0 Å². The molecule has 1 aromatic carbocycles. The van der Waals surface area contributed by atoms with Gasteiger partial charge in [-0.05, 0) is 13.8 Å². The predicted molar refractivity (Wildman–Crippen MR) is 82.5 cm³/mol. The highest BCUT2D eigenvalue weighted by molar-refractivity contribution is 6.01. The summed E-state index contributed by atoms with van der Waals surface area (Å²) in [6, 6.07) is 8.03. The number of carbonyl (C=O) groups excluding carboxylic acids is 2. The summed E-state index contributed by atoms with van der Waals surface area (Å²) in [7, 11) is 1.50. The van der Waals surface area contributed by atoms with Crippen LogP contribution in [0.15, 0.2) is 36.5 Å². The largest absolute Gasteiger partial charge is 0.450 e. The number of hydrogen-bond donors (Lipinski definition) is 0. The van der Waals surface area contributed by atoms with E-state index in [-0.39, 0.29) is 17.2 Å². The topological polar surface area (TPSA) is 91.4 Å². The molecule has 120 valence electrons. The summed E-state index contributed by atoms with van der Waals surface area (Å²) >= 11 is 0. The molecule has 0 amide bonds. The third kappa shape index (κ3) is 3.63. The maximum Gasteiger partial charge on any atom is 0.355 e. The van der Waals surface area contributed by atoms with Crippen molar-refractivity contribution in [3.63, 3.8) is 0 Å². The average Bonchev–Trinajstić information content (AvgIpc) is 2.89. The highest BCUT2D eigenvalue weighted by atomic mass is 16.6. The van der Waals surface area contributed by atoms with E-state index in [0.717, 1.165) is 11.6 Å². The SMILES string of the molecule is Cc1ccc(C(=O)C(C)OC(=O)c2cc([N+](=O)[O-])cn2C)cc1. The lowest BCUT2D eigenvalue weighted by atomic mass is 10.1. The molecule has 23 heavy (non-hydrogen) atoms. The number of carbonyl (C=O) groups is 2. The summed E-state index contributed by atoms with van der Waals surface area (Å²) in [5, 5.41) is 10.7. The monoisotopic (exact) mass is 316 g/mol.